The van der Waals surface area contributed by atoms with Crippen LogP contribution < -0.4 is 14.8 Å². The number of rotatable bonds is 9. The van der Waals surface area contributed by atoms with Crippen molar-refractivity contribution in [3.63, 3.8) is 0 Å². The van der Waals surface area contributed by atoms with Crippen LogP contribution in [0.25, 0.3) is 6.08 Å². The van der Waals surface area contributed by atoms with E-state index >= 15 is 0 Å². The molecule has 6 heteroatoms. The van der Waals surface area contributed by atoms with Gasteiger partial charge < -0.3 is 19.5 Å². The second-order valence-electron chi connectivity index (χ2n) is 5.40. The third-order valence-electron chi connectivity index (χ3n) is 3.40. The molecular formula is C18H22N2O4. The van der Waals surface area contributed by atoms with Gasteiger partial charge in [-0.3, -0.25) is 4.79 Å². The van der Waals surface area contributed by atoms with Gasteiger partial charge in [-0.25, -0.2) is 0 Å². The van der Waals surface area contributed by atoms with Crippen LogP contribution in [-0.2, 0) is 9.53 Å². The van der Waals surface area contributed by atoms with Gasteiger partial charge in [0.05, 0.1) is 13.2 Å². The van der Waals surface area contributed by atoms with E-state index in [-0.39, 0.29) is 17.5 Å². The predicted octanol–water partition coefficient (Wildman–Crippen LogP) is 2.30. The summed E-state index contributed by atoms with van der Waals surface area (Å²) in [7, 11) is 1.61. The van der Waals surface area contributed by atoms with Crippen LogP contribution in [0.1, 0.15) is 25.3 Å². The monoisotopic (exact) mass is 330 g/mol. The first-order valence-electron chi connectivity index (χ1n) is 7.99. The summed E-state index contributed by atoms with van der Waals surface area (Å²) in [6.07, 6.45) is 3.51. The van der Waals surface area contributed by atoms with E-state index < -0.39 is 0 Å². The summed E-state index contributed by atoms with van der Waals surface area (Å²) in [5.41, 5.74) is 0.789. The predicted molar refractivity (Wildman–Crippen MR) is 89.7 cm³/mol. The smallest absolute Gasteiger partial charge is 0.262 e. The zero-order valence-electron chi connectivity index (χ0n) is 14.0. The second kappa shape index (κ2) is 8.94. The molecule has 1 saturated carbocycles. The minimum Gasteiger partial charge on any atom is -0.490 e. The molecule has 1 aliphatic rings. The van der Waals surface area contributed by atoms with E-state index in [1.807, 2.05) is 13.0 Å². The first-order chi connectivity index (χ1) is 11.7. The van der Waals surface area contributed by atoms with Gasteiger partial charge in [-0.15, -0.1) is 0 Å². The molecule has 0 unspecified atom stereocenters. The lowest BCUT2D eigenvalue weighted by molar-refractivity contribution is -0.117. The molecule has 0 bridgehead atoms. The van der Waals surface area contributed by atoms with Gasteiger partial charge in [0.15, 0.2) is 11.5 Å². The normalized spacial score (nSPS) is 14.0. The number of hydrogen-bond acceptors (Lipinski definition) is 5. The Morgan fingerprint density at radius 1 is 1.33 bits per heavy atom. The molecule has 1 fully saturated rings. The molecule has 0 atom stereocenters. The summed E-state index contributed by atoms with van der Waals surface area (Å²) in [6, 6.07) is 7.47. The highest BCUT2D eigenvalue weighted by Gasteiger charge is 2.24. The van der Waals surface area contributed by atoms with Crippen molar-refractivity contribution in [2.24, 2.45) is 0 Å². The number of nitriles is 1. The first-order valence-corrected chi connectivity index (χ1v) is 7.99. The highest BCUT2D eigenvalue weighted by Crippen LogP contribution is 2.29. The Hall–Kier alpha value is -2.52. The summed E-state index contributed by atoms with van der Waals surface area (Å²) < 4.78 is 16.2. The van der Waals surface area contributed by atoms with Crippen LogP contribution in [0.3, 0.4) is 0 Å². The van der Waals surface area contributed by atoms with Crippen molar-refractivity contribution in [2.45, 2.75) is 25.8 Å². The van der Waals surface area contributed by atoms with Crippen LogP contribution in [0.5, 0.6) is 11.5 Å². The molecule has 6 nitrogen and oxygen atoms in total. The fourth-order valence-corrected chi connectivity index (χ4v) is 2.04. The minimum absolute atomic E-state index is 0.0809. The first kappa shape index (κ1) is 17.8. The van der Waals surface area contributed by atoms with Gasteiger partial charge in [0.25, 0.3) is 5.91 Å². The summed E-state index contributed by atoms with van der Waals surface area (Å²) in [4.78, 5) is 12.0. The molecule has 0 saturated heterocycles. The highest BCUT2D eigenvalue weighted by molar-refractivity contribution is 6.02. The van der Waals surface area contributed by atoms with Gasteiger partial charge >= 0.3 is 0 Å². The summed E-state index contributed by atoms with van der Waals surface area (Å²) in [6.45, 7) is 3.26. The molecule has 0 aliphatic heterocycles. The number of carbonyl (C=O) groups is 1. The number of ether oxygens (including phenoxy) is 3. The summed E-state index contributed by atoms with van der Waals surface area (Å²) in [5.74, 6) is 0.840. The Morgan fingerprint density at radius 3 is 2.75 bits per heavy atom. The zero-order chi connectivity index (χ0) is 17.4. The van der Waals surface area contributed by atoms with Gasteiger partial charge in [0, 0.05) is 13.2 Å². The maximum atomic E-state index is 12.0. The fraction of sp³-hybridized carbons (Fsp3) is 0.444. The van der Waals surface area contributed by atoms with Crippen LogP contribution >= 0.6 is 0 Å². The van der Waals surface area contributed by atoms with Crippen molar-refractivity contribution >= 4 is 12.0 Å². The molecule has 1 aromatic carbocycles. The van der Waals surface area contributed by atoms with Crippen molar-refractivity contribution in [2.75, 3.05) is 26.9 Å². The van der Waals surface area contributed by atoms with E-state index in [0.717, 1.165) is 12.8 Å². The number of nitrogens with zero attached hydrogens (tertiary/aromatic N) is 1. The Kier molecular flexibility index (Phi) is 6.64. The average Bonchev–Trinajstić information content (AvgIpc) is 3.38. The largest absolute Gasteiger partial charge is 0.490 e. The van der Waals surface area contributed by atoms with Gasteiger partial charge in [-0.2, -0.15) is 5.26 Å². The van der Waals surface area contributed by atoms with Crippen molar-refractivity contribution in [3.05, 3.63) is 29.3 Å². The molecule has 128 valence electrons. The quantitative estimate of drug-likeness (QED) is 0.427. The summed E-state index contributed by atoms with van der Waals surface area (Å²) >= 11 is 0. The van der Waals surface area contributed by atoms with Crippen LogP contribution in [-0.4, -0.2) is 38.9 Å². The topological polar surface area (TPSA) is 80.6 Å². The van der Waals surface area contributed by atoms with Crippen LogP contribution in [0.2, 0.25) is 0 Å². The van der Waals surface area contributed by atoms with Crippen molar-refractivity contribution in [1.82, 2.24) is 5.32 Å². The van der Waals surface area contributed by atoms with Crippen LogP contribution in [0.15, 0.2) is 23.8 Å². The molecule has 2 rings (SSSR count). The number of amides is 1. The van der Waals surface area contributed by atoms with E-state index in [1.54, 1.807) is 31.4 Å². The third kappa shape index (κ3) is 5.28. The molecule has 1 N–H and O–H groups in total. The van der Waals surface area contributed by atoms with Gasteiger partial charge in [-0.1, -0.05) is 6.07 Å². The van der Waals surface area contributed by atoms with Crippen molar-refractivity contribution in [1.29, 1.82) is 5.26 Å². The zero-order valence-corrected chi connectivity index (χ0v) is 14.0. The molecule has 0 spiro atoms. The lowest BCUT2D eigenvalue weighted by Crippen LogP contribution is -2.26. The highest BCUT2D eigenvalue weighted by atomic mass is 16.5. The molecule has 0 heterocycles. The van der Waals surface area contributed by atoms with Gasteiger partial charge in [0.1, 0.15) is 18.2 Å². The minimum atomic E-state index is -0.335. The van der Waals surface area contributed by atoms with E-state index in [0.29, 0.717) is 36.9 Å². The number of nitrogens with one attached hydrogen (secondary N) is 1. The standard InChI is InChI=1S/C18H22N2O4/c1-3-23-17-11-13(4-7-16(17)24-9-8-22-2)10-14(12-19)18(21)20-15-5-6-15/h4,7,10-11,15H,3,5-6,8-9H2,1-2H3,(H,20,21)/b14-10+. The van der Waals surface area contributed by atoms with Crippen LogP contribution in [0.4, 0.5) is 0 Å². The lowest BCUT2D eigenvalue weighted by atomic mass is 10.1. The Bertz CT molecular complexity index is 645. The Balaban J connectivity index is 2.16. The fourth-order valence-electron chi connectivity index (χ4n) is 2.04. The van der Waals surface area contributed by atoms with Crippen molar-refractivity contribution in [3.8, 4) is 17.6 Å². The number of hydrogen-bond donors (Lipinski definition) is 1. The van der Waals surface area contributed by atoms with Gasteiger partial charge in [-0.05, 0) is 43.5 Å². The van der Waals surface area contributed by atoms with E-state index in [4.69, 9.17) is 14.2 Å². The van der Waals surface area contributed by atoms with E-state index in [9.17, 15) is 10.1 Å². The number of benzene rings is 1. The van der Waals surface area contributed by atoms with E-state index in [2.05, 4.69) is 5.32 Å². The summed E-state index contributed by atoms with van der Waals surface area (Å²) in [5, 5.41) is 12.0. The molecule has 24 heavy (non-hydrogen) atoms. The molecule has 1 aromatic rings. The third-order valence-corrected chi connectivity index (χ3v) is 3.40. The van der Waals surface area contributed by atoms with E-state index in [1.165, 1.54) is 0 Å². The second-order valence-corrected chi connectivity index (χ2v) is 5.40. The molecule has 0 aromatic heterocycles. The SMILES string of the molecule is CCOc1cc(/C=C(\C#N)C(=O)NC2CC2)ccc1OCCOC. The maximum absolute atomic E-state index is 12.0. The Morgan fingerprint density at radius 2 is 2.12 bits per heavy atom. The molecule has 1 amide bonds. The Labute approximate surface area is 142 Å². The van der Waals surface area contributed by atoms with Crippen molar-refractivity contribution < 1.29 is 19.0 Å². The lowest BCUT2D eigenvalue weighted by Gasteiger charge is -2.12. The van der Waals surface area contributed by atoms with Crippen LogP contribution in [0, 0.1) is 11.3 Å². The van der Waals surface area contributed by atoms with Gasteiger partial charge in [0.2, 0.25) is 0 Å². The average molecular weight is 330 g/mol. The molecular weight excluding hydrogens is 308 g/mol. The number of methoxy groups -OCH3 is 1. The molecule has 0 radical (unpaired) electrons. The molecule has 1 aliphatic carbocycles. The maximum Gasteiger partial charge on any atom is 0.262 e. The number of carbonyl (C=O) groups excluding carboxylic acids is 1.